The zero-order chi connectivity index (χ0) is 24.5. The maximum Gasteiger partial charge on any atom is 0.293 e. The zero-order valence-corrected chi connectivity index (χ0v) is 20.5. The topological polar surface area (TPSA) is 80.3 Å². The van der Waals surface area contributed by atoms with Crippen LogP contribution < -0.4 is 10.6 Å². The summed E-state index contributed by atoms with van der Waals surface area (Å²) in [6.07, 6.45) is 0. The number of carbonyl (C=O) groups is 1. The van der Waals surface area contributed by atoms with Crippen molar-refractivity contribution in [2.75, 3.05) is 5.32 Å². The molecule has 0 bridgehead atoms. The molecule has 8 heteroatoms. The second-order valence-electron chi connectivity index (χ2n) is 8.08. The molecule has 2 N–H and O–H groups in total. The van der Waals surface area contributed by atoms with Gasteiger partial charge in [0, 0.05) is 21.8 Å². The number of thiocarbonyl (C=S) groups is 1. The van der Waals surface area contributed by atoms with Gasteiger partial charge in [-0.05, 0) is 91.8 Å². The number of amides is 1. The number of furan rings is 1. The van der Waals surface area contributed by atoms with Gasteiger partial charge in [0.1, 0.15) is 11.3 Å². The number of aromatic nitrogens is 1. The Labute approximate surface area is 211 Å². The first-order valence-electron chi connectivity index (χ1n) is 10.8. The number of fused-ring (bicyclic) bond motifs is 1. The molecule has 5 rings (SSSR count). The molecule has 174 valence electrons. The molecule has 0 unspecified atom stereocenters. The number of oxazole rings is 1. The largest absolute Gasteiger partial charge is 0.451 e. The number of halogens is 1. The number of benzene rings is 3. The van der Waals surface area contributed by atoms with Gasteiger partial charge in [-0.15, -0.1) is 0 Å². The number of aryl methyl sites for hydroxylation is 2. The highest BCUT2D eigenvalue weighted by molar-refractivity contribution is 7.80. The molecule has 0 aliphatic carbocycles. The Kier molecular flexibility index (Phi) is 6.11. The molecule has 0 aliphatic heterocycles. The van der Waals surface area contributed by atoms with E-state index in [9.17, 15) is 4.79 Å². The minimum absolute atomic E-state index is 0.136. The molecule has 2 aromatic heterocycles. The third-order valence-electron chi connectivity index (χ3n) is 5.57. The summed E-state index contributed by atoms with van der Waals surface area (Å²) in [5.74, 6) is 0.806. The number of rotatable bonds is 4. The molecular weight excluding hydrogens is 482 g/mol. The Balaban J connectivity index is 1.26. The molecule has 3 aromatic carbocycles. The van der Waals surface area contributed by atoms with Crippen molar-refractivity contribution < 1.29 is 13.6 Å². The minimum atomic E-state index is -0.441. The van der Waals surface area contributed by atoms with Crippen molar-refractivity contribution in [2.24, 2.45) is 0 Å². The van der Waals surface area contributed by atoms with E-state index in [1.165, 1.54) is 5.56 Å². The Hall–Kier alpha value is -3.94. The summed E-state index contributed by atoms with van der Waals surface area (Å²) in [4.78, 5) is 17.2. The van der Waals surface area contributed by atoms with Crippen LogP contribution in [0.4, 0.5) is 5.69 Å². The maximum atomic E-state index is 12.6. The average Bonchev–Trinajstić information content (AvgIpc) is 3.48. The molecule has 5 aromatic rings. The van der Waals surface area contributed by atoms with Gasteiger partial charge in [0.05, 0.1) is 0 Å². The highest BCUT2D eigenvalue weighted by atomic mass is 35.5. The van der Waals surface area contributed by atoms with Gasteiger partial charge in [-0.25, -0.2) is 4.98 Å². The molecule has 0 saturated carbocycles. The summed E-state index contributed by atoms with van der Waals surface area (Å²) >= 11 is 11.4. The Morgan fingerprint density at radius 1 is 0.914 bits per heavy atom. The van der Waals surface area contributed by atoms with E-state index in [1.807, 2.05) is 44.2 Å². The van der Waals surface area contributed by atoms with E-state index in [4.69, 9.17) is 32.7 Å². The van der Waals surface area contributed by atoms with E-state index in [1.54, 1.807) is 42.5 Å². The highest BCUT2D eigenvalue weighted by Crippen LogP contribution is 2.28. The lowest BCUT2D eigenvalue weighted by molar-refractivity contribution is 0.0951. The molecule has 6 nitrogen and oxygen atoms in total. The first-order valence-corrected chi connectivity index (χ1v) is 11.6. The minimum Gasteiger partial charge on any atom is -0.451 e. The van der Waals surface area contributed by atoms with Crippen LogP contribution in [0.25, 0.3) is 33.9 Å². The fourth-order valence-corrected chi connectivity index (χ4v) is 3.99. The van der Waals surface area contributed by atoms with Crippen LogP contribution in [-0.4, -0.2) is 16.0 Å². The molecule has 0 spiro atoms. The normalized spacial score (nSPS) is 10.9. The van der Waals surface area contributed by atoms with E-state index in [-0.39, 0.29) is 10.9 Å². The Morgan fingerprint density at radius 3 is 2.57 bits per heavy atom. The number of hydrogen-bond donors (Lipinski definition) is 2. The third-order valence-corrected chi connectivity index (χ3v) is 6.00. The van der Waals surface area contributed by atoms with Crippen molar-refractivity contribution >= 4 is 51.6 Å². The number of nitrogens with zero attached hydrogens (tertiary/aromatic N) is 1. The van der Waals surface area contributed by atoms with Crippen molar-refractivity contribution in [1.29, 1.82) is 0 Å². The van der Waals surface area contributed by atoms with E-state index in [0.717, 1.165) is 16.7 Å². The second-order valence-corrected chi connectivity index (χ2v) is 8.93. The van der Waals surface area contributed by atoms with Gasteiger partial charge in [0.25, 0.3) is 5.91 Å². The van der Waals surface area contributed by atoms with E-state index in [2.05, 4.69) is 15.6 Å². The number of anilines is 1. The average molecular weight is 502 g/mol. The van der Waals surface area contributed by atoms with Crippen LogP contribution in [0.5, 0.6) is 0 Å². The van der Waals surface area contributed by atoms with Gasteiger partial charge >= 0.3 is 0 Å². The predicted octanol–water partition coefficient (Wildman–Crippen LogP) is 7.15. The highest BCUT2D eigenvalue weighted by Gasteiger charge is 2.15. The Bertz CT molecular complexity index is 1590. The zero-order valence-electron chi connectivity index (χ0n) is 18.9. The van der Waals surface area contributed by atoms with Gasteiger partial charge in [-0.1, -0.05) is 29.8 Å². The van der Waals surface area contributed by atoms with Crippen LogP contribution in [0, 0.1) is 13.8 Å². The number of carbonyl (C=O) groups excluding carboxylic acids is 1. The summed E-state index contributed by atoms with van der Waals surface area (Å²) in [5.41, 5.74) is 5.95. The van der Waals surface area contributed by atoms with Crippen LogP contribution in [0.2, 0.25) is 5.02 Å². The fraction of sp³-hybridized carbons (Fsp3) is 0.0741. The van der Waals surface area contributed by atoms with Crippen LogP contribution in [0.3, 0.4) is 0 Å². The molecule has 0 radical (unpaired) electrons. The molecule has 0 fully saturated rings. The van der Waals surface area contributed by atoms with Crippen molar-refractivity contribution in [3.63, 3.8) is 0 Å². The summed E-state index contributed by atoms with van der Waals surface area (Å²) < 4.78 is 11.6. The van der Waals surface area contributed by atoms with Crippen molar-refractivity contribution in [1.82, 2.24) is 10.3 Å². The standard InChI is InChI=1S/C27H20ClN3O3S/c1-15-6-7-17(12-16(15)2)22-10-11-24(33-22)25(32)31-27(35)29-20-8-9-23-21(14-20)30-26(34-23)18-4-3-5-19(28)13-18/h3-14H,1-2H3,(H2,29,31,32,35). The van der Waals surface area contributed by atoms with Crippen LogP contribution in [-0.2, 0) is 0 Å². The number of hydrogen-bond acceptors (Lipinski definition) is 5. The van der Waals surface area contributed by atoms with Crippen molar-refractivity contribution in [3.05, 3.63) is 94.7 Å². The van der Waals surface area contributed by atoms with Gasteiger partial charge in [-0.3, -0.25) is 10.1 Å². The third kappa shape index (κ3) is 4.96. The SMILES string of the molecule is Cc1ccc(-c2ccc(C(=O)NC(=S)Nc3ccc4oc(-c5cccc(Cl)c5)nc4c3)o2)cc1C. The summed E-state index contributed by atoms with van der Waals surface area (Å²) in [6.45, 7) is 4.08. The predicted molar refractivity (Wildman–Crippen MR) is 142 cm³/mol. The maximum absolute atomic E-state index is 12.6. The molecule has 35 heavy (non-hydrogen) atoms. The van der Waals surface area contributed by atoms with E-state index >= 15 is 0 Å². The summed E-state index contributed by atoms with van der Waals surface area (Å²) in [5, 5.41) is 6.38. The van der Waals surface area contributed by atoms with Crippen LogP contribution >= 0.6 is 23.8 Å². The Morgan fingerprint density at radius 2 is 1.77 bits per heavy atom. The first kappa shape index (κ1) is 22.8. The smallest absolute Gasteiger partial charge is 0.293 e. The van der Waals surface area contributed by atoms with Gasteiger partial charge in [0.15, 0.2) is 16.5 Å². The van der Waals surface area contributed by atoms with E-state index < -0.39 is 5.91 Å². The first-order chi connectivity index (χ1) is 16.9. The molecule has 0 atom stereocenters. The molecule has 0 saturated heterocycles. The van der Waals surface area contributed by atoms with Crippen molar-refractivity contribution in [3.8, 4) is 22.8 Å². The molecule has 0 aliphatic rings. The van der Waals surface area contributed by atoms with Crippen molar-refractivity contribution in [2.45, 2.75) is 13.8 Å². The lowest BCUT2D eigenvalue weighted by Crippen LogP contribution is -2.33. The van der Waals surface area contributed by atoms with Gasteiger partial charge in [-0.2, -0.15) is 0 Å². The lowest BCUT2D eigenvalue weighted by atomic mass is 10.1. The molecule has 1 amide bonds. The fourth-order valence-electron chi connectivity index (χ4n) is 3.59. The van der Waals surface area contributed by atoms with Gasteiger partial charge < -0.3 is 14.2 Å². The summed E-state index contributed by atoms with van der Waals surface area (Å²) in [6, 6.07) is 22.1. The van der Waals surface area contributed by atoms with Crippen LogP contribution in [0.15, 0.2) is 81.6 Å². The molecular formula is C27H20ClN3O3S. The molecule has 2 heterocycles. The van der Waals surface area contributed by atoms with Crippen LogP contribution in [0.1, 0.15) is 21.7 Å². The van der Waals surface area contributed by atoms with E-state index in [0.29, 0.717) is 33.5 Å². The lowest BCUT2D eigenvalue weighted by Gasteiger charge is -2.08. The quantitative estimate of drug-likeness (QED) is 0.254. The number of nitrogens with one attached hydrogen (secondary N) is 2. The summed E-state index contributed by atoms with van der Waals surface area (Å²) in [7, 11) is 0. The second kappa shape index (κ2) is 9.37. The monoisotopic (exact) mass is 501 g/mol. The van der Waals surface area contributed by atoms with Gasteiger partial charge in [0.2, 0.25) is 5.89 Å².